The molecule has 1 N–H and O–H groups in total. The van der Waals surface area contributed by atoms with Crippen molar-refractivity contribution in [3.63, 3.8) is 0 Å². The molecule has 2 heterocycles. The van der Waals surface area contributed by atoms with Crippen molar-refractivity contribution in [2.75, 3.05) is 31.5 Å². The average molecular weight is 414 g/mol. The van der Waals surface area contributed by atoms with Crippen molar-refractivity contribution in [2.24, 2.45) is 5.92 Å². The van der Waals surface area contributed by atoms with Gasteiger partial charge in [-0.1, -0.05) is 44.2 Å². The van der Waals surface area contributed by atoms with E-state index in [1.165, 1.54) is 24.0 Å². The summed E-state index contributed by atoms with van der Waals surface area (Å²) in [6, 6.07) is 11.4. The van der Waals surface area contributed by atoms with E-state index in [1.807, 2.05) is 0 Å². The van der Waals surface area contributed by atoms with Crippen LogP contribution in [-0.2, 0) is 19.5 Å². The first-order valence-corrected chi connectivity index (χ1v) is 11.3. The van der Waals surface area contributed by atoms with E-state index in [4.69, 9.17) is 11.6 Å². The third kappa shape index (κ3) is 4.90. The SMILES string of the molecule is CCN(CC)[C@H]1C[C@H](CNc2nc(Cl)nc3c2CN(Cc2ccccc2)CC3)C1. The summed E-state index contributed by atoms with van der Waals surface area (Å²) in [5.41, 5.74) is 3.67. The third-order valence-electron chi connectivity index (χ3n) is 6.46. The Kier molecular flexibility index (Phi) is 6.68. The summed E-state index contributed by atoms with van der Waals surface area (Å²) in [6.45, 7) is 10.6. The Morgan fingerprint density at radius 2 is 1.90 bits per heavy atom. The standard InChI is InChI=1S/C23H32ClN5/c1-3-29(4-2)19-12-18(13-19)14-25-22-20-16-28(15-17-8-6-5-7-9-17)11-10-21(20)26-23(24)27-22/h5-9,18-19H,3-4,10-16H2,1-2H3,(H,25,26,27)/t18-,19-. The van der Waals surface area contributed by atoms with Crippen molar-refractivity contribution >= 4 is 17.4 Å². The van der Waals surface area contributed by atoms with Crippen LogP contribution in [0.2, 0.25) is 5.28 Å². The highest BCUT2D eigenvalue weighted by atomic mass is 35.5. The van der Waals surface area contributed by atoms with Crippen molar-refractivity contribution < 1.29 is 0 Å². The Bertz CT molecular complexity index is 802. The van der Waals surface area contributed by atoms with Crippen LogP contribution in [-0.4, -0.2) is 52.0 Å². The van der Waals surface area contributed by atoms with Gasteiger partial charge in [0, 0.05) is 44.2 Å². The molecule has 0 unspecified atom stereocenters. The van der Waals surface area contributed by atoms with Crippen molar-refractivity contribution in [1.29, 1.82) is 0 Å². The maximum absolute atomic E-state index is 6.23. The Morgan fingerprint density at radius 1 is 1.14 bits per heavy atom. The molecule has 156 valence electrons. The van der Waals surface area contributed by atoms with Crippen molar-refractivity contribution in [3.8, 4) is 0 Å². The van der Waals surface area contributed by atoms with Crippen LogP contribution in [0, 0.1) is 5.92 Å². The number of fused-ring (bicyclic) bond motifs is 1. The van der Waals surface area contributed by atoms with Gasteiger partial charge in [-0.2, -0.15) is 0 Å². The van der Waals surface area contributed by atoms with Gasteiger partial charge < -0.3 is 10.2 Å². The number of benzene rings is 1. The number of hydrogen-bond acceptors (Lipinski definition) is 5. The van der Waals surface area contributed by atoms with Gasteiger partial charge in [0.05, 0.1) is 5.69 Å². The van der Waals surface area contributed by atoms with Gasteiger partial charge in [0.1, 0.15) is 5.82 Å². The van der Waals surface area contributed by atoms with Crippen molar-refractivity contribution in [1.82, 2.24) is 19.8 Å². The number of nitrogens with one attached hydrogen (secondary N) is 1. The van der Waals surface area contributed by atoms with Crippen LogP contribution in [0.4, 0.5) is 5.82 Å². The second kappa shape index (κ2) is 9.41. The molecule has 0 saturated heterocycles. The zero-order valence-corrected chi connectivity index (χ0v) is 18.3. The molecule has 0 spiro atoms. The Balaban J connectivity index is 1.38. The van der Waals surface area contributed by atoms with Crippen LogP contribution in [0.3, 0.4) is 0 Å². The second-order valence-corrected chi connectivity index (χ2v) is 8.64. The predicted molar refractivity (Wildman–Crippen MR) is 119 cm³/mol. The van der Waals surface area contributed by atoms with Gasteiger partial charge in [0.15, 0.2) is 0 Å². The van der Waals surface area contributed by atoms with Gasteiger partial charge in [0.2, 0.25) is 5.28 Å². The maximum Gasteiger partial charge on any atom is 0.224 e. The van der Waals surface area contributed by atoms with Gasteiger partial charge in [-0.05, 0) is 49.0 Å². The lowest BCUT2D eigenvalue weighted by atomic mass is 9.79. The first-order valence-electron chi connectivity index (χ1n) is 11.0. The zero-order valence-electron chi connectivity index (χ0n) is 17.6. The fourth-order valence-electron chi connectivity index (χ4n) is 4.71. The van der Waals surface area contributed by atoms with E-state index in [9.17, 15) is 0 Å². The van der Waals surface area contributed by atoms with Gasteiger partial charge in [-0.3, -0.25) is 4.90 Å². The molecule has 1 aromatic heterocycles. The molecule has 29 heavy (non-hydrogen) atoms. The predicted octanol–water partition coefficient (Wildman–Crippen LogP) is 4.22. The molecule has 1 saturated carbocycles. The monoisotopic (exact) mass is 413 g/mol. The largest absolute Gasteiger partial charge is 0.369 e. The molecule has 0 bridgehead atoms. The normalized spacial score (nSPS) is 21.7. The Morgan fingerprint density at radius 3 is 2.62 bits per heavy atom. The van der Waals surface area contributed by atoms with Gasteiger partial charge in [0.25, 0.3) is 0 Å². The lowest BCUT2D eigenvalue weighted by Gasteiger charge is -2.42. The van der Waals surface area contributed by atoms with Gasteiger partial charge in [-0.15, -0.1) is 0 Å². The molecule has 0 atom stereocenters. The molecule has 5 nitrogen and oxygen atoms in total. The minimum atomic E-state index is 0.359. The summed E-state index contributed by atoms with van der Waals surface area (Å²) in [5.74, 6) is 1.65. The van der Waals surface area contributed by atoms with Crippen LogP contribution >= 0.6 is 11.6 Å². The molecule has 0 amide bonds. The van der Waals surface area contributed by atoms with Crippen LogP contribution in [0.15, 0.2) is 30.3 Å². The van der Waals surface area contributed by atoms with E-state index in [0.29, 0.717) is 11.2 Å². The van der Waals surface area contributed by atoms with E-state index in [1.54, 1.807) is 0 Å². The van der Waals surface area contributed by atoms with Crippen LogP contribution in [0.25, 0.3) is 0 Å². The Labute approximate surface area is 179 Å². The molecule has 1 aliphatic carbocycles. The van der Waals surface area contributed by atoms with Gasteiger partial charge in [-0.25, -0.2) is 9.97 Å². The number of anilines is 1. The van der Waals surface area contributed by atoms with Crippen LogP contribution in [0.1, 0.15) is 43.5 Å². The molecule has 1 fully saturated rings. The summed E-state index contributed by atoms with van der Waals surface area (Å²) in [5, 5.41) is 3.97. The summed E-state index contributed by atoms with van der Waals surface area (Å²) >= 11 is 6.23. The van der Waals surface area contributed by atoms with Crippen molar-refractivity contribution in [2.45, 2.75) is 52.2 Å². The molecule has 4 rings (SSSR count). The molecular weight excluding hydrogens is 382 g/mol. The number of rotatable bonds is 8. The minimum Gasteiger partial charge on any atom is -0.369 e. The van der Waals surface area contributed by atoms with E-state index < -0.39 is 0 Å². The molecule has 2 aromatic rings. The number of halogens is 1. The quantitative estimate of drug-likeness (QED) is 0.656. The topological polar surface area (TPSA) is 44.3 Å². The number of nitrogens with zero attached hydrogens (tertiary/aromatic N) is 4. The molecule has 2 aliphatic rings. The highest BCUT2D eigenvalue weighted by Crippen LogP contribution is 2.33. The molecule has 1 aliphatic heterocycles. The van der Waals surface area contributed by atoms with Gasteiger partial charge >= 0.3 is 0 Å². The zero-order chi connectivity index (χ0) is 20.2. The minimum absolute atomic E-state index is 0.359. The second-order valence-electron chi connectivity index (χ2n) is 8.31. The number of aromatic nitrogens is 2. The van der Waals surface area contributed by atoms with E-state index in [2.05, 4.69) is 69.3 Å². The number of hydrogen-bond donors (Lipinski definition) is 1. The first kappa shape index (κ1) is 20.6. The summed E-state index contributed by atoms with van der Waals surface area (Å²) < 4.78 is 0. The maximum atomic E-state index is 6.23. The third-order valence-corrected chi connectivity index (χ3v) is 6.63. The molecular formula is C23H32ClN5. The van der Waals surface area contributed by atoms with E-state index >= 15 is 0 Å². The lowest BCUT2D eigenvalue weighted by molar-refractivity contribution is 0.0934. The molecule has 6 heteroatoms. The smallest absolute Gasteiger partial charge is 0.224 e. The summed E-state index contributed by atoms with van der Waals surface area (Å²) in [4.78, 5) is 14.1. The molecule has 0 radical (unpaired) electrons. The summed E-state index contributed by atoms with van der Waals surface area (Å²) in [6.07, 6.45) is 3.47. The Hall–Kier alpha value is -1.69. The van der Waals surface area contributed by atoms with Crippen LogP contribution < -0.4 is 5.32 Å². The first-order chi connectivity index (χ1) is 14.2. The highest BCUT2D eigenvalue weighted by Gasteiger charge is 2.32. The van der Waals surface area contributed by atoms with E-state index in [0.717, 1.165) is 63.2 Å². The summed E-state index contributed by atoms with van der Waals surface area (Å²) in [7, 11) is 0. The fourth-order valence-corrected chi connectivity index (χ4v) is 4.90. The lowest BCUT2D eigenvalue weighted by Crippen LogP contribution is -2.46. The average Bonchev–Trinajstić information content (AvgIpc) is 2.70. The van der Waals surface area contributed by atoms with E-state index in [-0.39, 0.29) is 0 Å². The van der Waals surface area contributed by atoms with Crippen molar-refractivity contribution in [3.05, 3.63) is 52.4 Å². The fraction of sp³-hybridized carbons (Fsp3) is 0.565. The molecule has 1 aromatic carbocycles. The highest BCUT2D eigenvalue weighted by molar-refractivity contribution is 6.28. The van der Waals surface area contributed by atoms with Crippen LogP contribution in [0.5, 0.6) is 0 Å².